The van der Waals surface area contributed by atoms with Crippen molar-refractivity contribution in [3.63, 3.8) is 0 Å². The first kappa shape index (κ1) is 13.5. The highest BCUT2D eigenvalue weighted by atomic mass is 32.2. The number of aromatic nitrogens is 4. The lowest BCUT2D eigenvalue weighted by molar-refractivity contribution is 0.278. The molecule has 0 atom stereocenters. The third kappa shape index (κ3) is 3.10. The molecule has 8 nitrogen and oxygen atoms in total. The van der Waals surface area contributed by atoms with Crippen molar-refractivity contribution in [2.45, 2.75) is 18.0 Å². The molecule has 1 aromatic carbocycles. The first-order valence-corrected chi connectivity index (χ1v) is 6.62. The van der Waals surface area contributed by atoms with Crippen molar-refractivity contribution in [2.24, 2.45) is 0 Å². The van der Waals surface area contributed by atoms with E-state index in [0.29, 0.717) is 0 Å². The second kappa shape index (κ2) is 5.38. The summed E-state index contributed by atoms with van der Waals surface area (Å²) in [5.41, 5.74) is 0.0991. The molecule has 0 saturated heterocycles. The Morgan fingerprint density at radius 1 is 1.42 bits per heavy atom. The lowest BCUT2D eigenvalue weighted by Crippen LogP contribution is -2.25. The van der Waals surface area contributed by atoms with Gasteiger partial charge in [-0.2, -0.15) is 5.21 Å². The van der Waals surface area contributed by atoms with E-state index in [4.69, 9.17) is 5.11 Å². The minimum absolute atomic E-state index is 0.0991. The number of nitrogens with one attached hydrogen (secondary N) is 2. The van der Waals surface area contributed by atoms with Crippen LogP contribution in [-0.2, 0) is 23.2 Å². The predicted molar refractivity (Wildman–Crippen MR) is 60.5 cm³/mol. The zero-order chi connectivity index (χ0) is 13.9. The second-order valence-corrected chi connectivity index (χ2v) is 5.30. The number of aliphatic hydroxyl groups excluding tert-OH is 1. The molecule has 2 aromatic rings. The first-order valence-electron chi connectivity index (χ1n) is 5.14. The number of tetrazole rings is 1. The molecular weight excluding hydrogens is 277 g/mol. The van der Waals surface area contributed by atoms with Gasteiger partial charge in [-0.05, 0) is 17.7 Å². The molecule has 0 aliphatic carbocycles. The number of aliphatic hydroxyl groups is 1. The van der Waals surface area contributed by atoms with Gasteiger partial charge in [0.15, 0.2) is 5.82 Å². The van der Waals surface area contributed by atoms with E-state index in [9.17, 15) is 12.8 Å². The Morgan fingerprint density at radius 2 is 2.21 bits per heavy atom. The Hall–Kier alpha value is -1.91. The molecule has 0 aliphatic rings. The average molecular weight is 287 g/mol. The van der Waals surface area contributed by atoms with Crippen molar-refractivity contribution in [3.8, 4) is 0 Å². The van der Waals surface area contributed by atoms with Crippen LogP contribution in [0.4, 0.5) is 4.39 Å². The maximum atomic E-state index is 13.1. The summed E-state index contributed by atoms with van der Waals surface area (Å²) < 4.78 is 39.3. The van der Waals surface area contributed by atoms with Crippen LogP contribution in [0.2, 0.25) is 0 Å². The van der Waals surface area contributed by atoms with E-state index in [1.54, 1.807) is 0 Å². The number of rotatable bonds is 5. The van der Waals surface area contributed by atoms with Gasteiger partial charge in [-0.1, -0.05) is 11.3 Å². The molecule has 10 heteroatoms. The summed E-state index contributed by atoms with van der Waals surface area (Å²) in [6, 6.07) is 3.12. The molecule has 19 heavy (non-hydrogen) atoms. The number of aromatic amines is 1. The summed E-state index contributed by atoms with van der Waals surface area (Å²) in [6.45, 7) is -0.709. The summed E-state index contributed by atoms with van der Waals surface area (Å²) in [5.74, 6) is -0.567. The first-order chi connectivity index (χ1) is 9.03. The summed E-state index contributed by atoms with van der Waals surface area (Å²) in [7, 11) is -3.97. The molecule has 1 aromatic heterocycles. The standard InChI is InChI=1S/C9H10FN5O3S/c10-7-2-1-6(5-16)8(3-7)19(17,18)11-4-9-12-14-15-13-9/h1-3,11,16H,4-5H2,(H,12,13,14,15). The molecule has 2 rings (SSSR count). The van der Waals surface area contributed by atoms with Gasteiger partial charge < -0.3 is 5.11 Å². The molecule has 0 bridgehead atoms. The number of benzene rings is 1. The predicted octanol–water partition coefficient (Wildman–Crippen LogP) is -0.690. The molecule has 0 saturated carbocycles. The number of sulfonamides is 1. The lowest BCUT2D eigenvalue weighted by atomic mass is 10.2. The Kier molecular flexibility index (Phi) is 3.83. The van der Waals surface area contributed by atoms with E-state index >= 15 is 0 Å². The monoisotopic (exact) mass is 287 g/mol. The Bertz CT molecular complexity index is 658. The minimum atomic E-state index is -3.97. The van der Waals surface area contributed by atoms with Gasteiger partial charge >= 0.3 is 0 Å². The van der Waals surface area contributed by atoms with Gasteiger partial charge in [0.1, 0.15) is 5.82 Å². The smallest absolute Gasteiger partial charge is 0.241 e. The average Bonchev–Trinajstić information content (AvgIpc) is 2.89. The number of H-pyrrole nitrogens is 1. The van der Waals surface area contributed by atoms with Crippen molar-refractivity contribution in [2.75, 3.05) is 0 Å². The molecule has 0 spiro atoms. The van der Waals surface area contributed by atoms with Crippen LogP contribution in [0.3, 0.4) is 0 Å². The minimum Gasteiger partial charge on any atom is -0.392 e. The summed E-state index contributed by atoms with van der Waals surface area (Å²) >= 11 is 0. The van der Waals surface area contributed by atoms with Gasteiger partial charge in [0, 0.05) is 0 Å². The van der Waals surface area contributed by atoms with Crippen LogP contribution in [0, 0.1) is 5.82 Å². The normalized spacial score (nSPS) is 11.7. The Morgan fingerprint density at radius 3 is 2.84 bits per heavy atom. The lowest BCUT2D eigenvalue weighted by Gasteiger charge is -2.09. The van der Waals surface area contributed by atoms with Gasteiger partial charge in [0.2, 0.25) is 10.0 Å². The van der Waals surface area contributed by atoms with Crippen molar-refractivity contribution in [1.82, 2.24) is 25.3 Å². The molecule has 0 radical (unpaired) electrons. The van der Waals surface area contributed by atoms with Gasteiger partial charge in [0.05, 0.1) is 18.0 Å². The van der Waals surface area contributed by atoms with Crippen molar-refractivity contribution >= 4 is 10.0 Å². The van der Waals surface area contributed by atoms with Gasteiger partial charge in [-0.3, -0.25) is 0 Å². The SMILES string of the molecule is O=S(=O)(NCc1nn[nH]n1)c1cc(F)ccc1CO. The second-order valence-electron chi connectivity index (χ2n) is 3.56. The molecule has 0 unspecified atom stereocenters. The van der Waals surface area contributed by atoms with Gasteiger partial charge in [0.25, 0.3) is 0 Å². The third-order valence-corrected chi connectivity index (χ3v) is 3.78. The fraction of sp³-hybridized carbons (Fsp3) is 0.222. The Balaban J connectivity index is 2.26. The highest BCUT2D eigenvalue weighted by Gasteiger charge is 2.19. The van der Waals surface area contributed by atoms with Gasteiger partial charge in [-0.25, -0.2) is 17.5 Å². The van der Waals surface area contributed by atoms with Crippen LogP contribution in [0.1, 0.15) is 11.4 Å². The van der Waals surface area contributed by atoms with Crippen LogP contribution in [0.5, 0.6) is 0 Å². The maximum absolute atomic E-state index is 13.1. The zero-order valence-corrected chi connectivity index (χ0v) is 10.4. The highest BCUT2D eigenvalue weighted by Crippen LogP contribution is 2.17. The van der Waals surface area contributed by atoms with Crippen molar-refractivity contribution in [1.29, 1.82) is 0 Å². The van der Waals surface area contributed by atoms with E-state index in [0.717, 1.165) is 12.1 Å². The number of hydrogen-bond donors (Lipinski definition) is 3. The van der Waals surface area contributed by atoms with E-state index in [1.807, 2.05) is 0 Å². The van der Waals surface area contributed by atoms with Crippen LogP contribution in [0.15, 0.2) is 23.1 Å². The molecule has 0 aliphatic heterocycles. The van der Waals surface area contributed by atoms with Gasteiger partial charge in [-0.15, -0.1) is 10.2 Å². The van der Waals surface area contributed by atoms with Crippen molar-refractivity contribution in [3.05, 3.63) is 35.4 Å². The van der Waals surface area contributed by atoms with E-state index in [-0.39, 0.29) is 22.8 Å². The number of halogens is 1. The molecular formula is C9H10FN5O3S. The fourth-order valence-electron chi connectivity index (χ4n) is 1.40. The molecule has 0 amide bonds. The van der Waals surface area contributed by atoms with E-state index in [1.165, 1.54) is 6.07 Å². The maximum Gasteiger partial charge on any atom is 0.241 e. The molecule has 102 valence electrons. The quantitative estimate of drug-likeness (QED) is 0.669. The number of nitrogens with zero attached hydrogens (tertiary/aromatic N) is 3. The Labute approximate surface area is 107 Å². The summed E-state index contributed by atoms with van der Waals surface area (Å²) in [6.07, 6.45) is 0. The van der Waals surface area contributed by atoms with Crippen molar-refractivity contribution < 1.29 is 17.9 Å². The van der Waals surface area contributed by atoms with E-state index < -0.39 is 22.4 Å². The molecule has 3 N–H and O–H groups in total. The molecule has 1 heterocycles. The zero-order valence-electron chi connectivity index (χ0n) is 9.54. The van der Waals surface area contributed by atoms with Crippen LogP contribution in [-0.4, -0.2) is 34.1 Å². The summed E-state index contributed by atoms with van der Waals surface area (Å²) in [5, 5.41) is 21.7. The van der Waals surface area contributed by atoms with E-state index in [2.05, 4.69) is 25.3 Å². The topological polar surface area (TPSA) is 121 Å². The van der Waals surface area contributed by atoms with Crippen LogP contribution in [0.25, 0.3) is 0 Å². The fourth-order valence-corrected chi connectivity index (χ4v) is 2.62. The molecule has 0 fully saturated rings. The largest absolute Gasteiger partial charge is 0.392 e. The summed E-state index contributed by atoms with van der Waals surface area (Å²) in [4.78, 5) is -0.321. The highest BCUT2D eigenvalue weighted by molar-refractivity contribution is 7.89. The van der Waals surface area contributed by atoms with Crippen LogP contribution >= 0.6 is 0 Å². The third-order valence-electron chi connectivity index (χ3n) is 2.30. The van der Waals surface area contributed by atoms with Crippen LogP contribution < -0.4 is 4.72 Å². The number of hydrogen-bond acceptors (Lipinski definition) is 6.